The Balaban J connectivity index is 1.49. The summed E-state index contributed by atoms with van der Waals surface area (Å²) in [5.74, 6) is 0. The first kappa shape index (κ1) is 22.9. The molecule has 0 bridgehead atoms. The number of rotatable bonds is 6. The van der Waals surface area contributed by atoms with Crippen LogP contribution >= 0.6 is 0 Å². The number of benzene rings is 4. The normalized spacial score (nSPS) is 15.1. The summed E-state index contributed by atoms with van der Waals surface area (Å²) in [6, 6.07) is 21.7. The van der Waals surface area contributed by atoms with Crippen molar-refractivity contribution in [1.82, 2.24) is 4.31 Å². The average Bonchev–Trinajstić information content (AvgIpc) is 2.88. The van der Waals surface area contributed by atoms with Crippen LogP contribution in [0.2, 0.25) is 0 Å². The first-order chi connectivity index (χ1) is 16.9. The summed E-state index contributed by atoms with van der Waals surface area (Å²) in [5, 5.41) is 20.1. The summed E-state index contributed by atoms with van der Waals surface area (Å²) in [4.78, 5) is 11.0. The number of sulfonamides is 1. The molecule has 0 spiro atoms. The highest BCUT2D eigenvalue weighted by Gasteiger charge is 2.28. The maximum Gasteiger partial charge on any atom is 0.295 e. The molecule has 35 heavy (non-hydrogen) atoms. The van der Waals surface area contributed by atoms with E-state index in [2.05, 4.69) is 16.6 Å². The third kappa shape index (κ3) is 4.46. The van der Waals surface area contributed by atoms with Gasteiger partial charge in [-0.15, -0.1) is 0 Å². The number of hydrogen-bond acceptors (Lipinski definition) is 7. The quantitative estimate of drug-likeness (QED) is 0.186. The molecular weight excluding hydrogens is 468 g/mol. The molecule has 1 fully saturated rings. The topological polar surface area (TPSA) is 114 Å². The maximum absolute atomic E-state index is 12.9. The molecule has 0 atom stereocenters. The fourth-order valence-corrected chi connectivity index (χ4v) is 5.64. The van der Waals surface area contributed by atoms with Crippen LogP contribution in [0.25, 0.3) is 21.5 Å². The van der Waals surface area contributed by atoms with Crippen molar-refractivity contribution in [2.45, 2.75) is 4.90 Å². The number of nitro benzene ring substituents is 1. The van der Waals surface area contributed by atoms with Gasteiger partial charge >= 0.3 is 0 Å². The van der Waals surface area contributed by atoms with Crippen LogP contribution in [0, 0.1) is 10.1 Å². The fourth-order valence-electron chi connectivity index (χ4n) is 4.21. The molecule has 1 aliphatic rings. The van der Waals surface area contributed by atoms with E-state index in [0.29, 0.717) is 13.2 Å². The number of anilines is 1. The Labute approximate surface area is 201 Å². The maximum atomic E-state index is 12.9. The summed E-state index contributed by atoms with van der Waals surface area (Å²) < 4.78 is 32.3. The lowest BCUT2D eigenvalue weighted by molar-refractivity contribution is -0.384. The Morgan fingerprint density at radius 2 is 1.57 bits per heavy atom. The Hall–Kier alpha value is -3.86. The minimum atomic E-state index is -3.86. The van der Waals surface area contributed by atoms with Crippen LogP contribution in [0.3, 0.4) is 0 Å². The van der Waals surface area contributed by atoms with Crippen LogP contribution in [-0.2, 0) is 14.8 Å². The van der Waals surface area contributed by atoms with Crippen molar-refractivity contribution in [3.05, 3.63) is 88.5 Å². The summed E-state index contributed by atoms with van der Waals surface area (Å²) in [6.07, 6.45) is 1.63. The van der Waals surface area contributed by atoms with Crippen molar-refractivity contribution in [3.8, 4) is 0 Å². The molecule has 10 heteroatoms. The third-order valence-corrected chi connectivity index (χ3v) is 7.86. The van der Waals surface area contributed by atoms with Gasteiger partial charge in [0.2, 0.25) is 10.0 Å². The second-order valence-electron chi connectivity index (χ2n) is 8.06. The largest absolute Gasteiger partial charge is 0.379 e. The van der Waals surface area contributed by atoms with Gasteiger partial charge in [0.15, 0.2) is 0 Å². The Morgan fingerprint density at radius 1 is 0.943 bits per heavy atom. The molecule has 5 rings (SSSR count). The Morgan fingerprint density at radius 3 is 2.20 bits per heavy atom. The van der Waals surface area contributed by atoms with Gasteiger partial charge in [0.1, 0.15) is 5.69 Å². The smallest absolute Gasteiger partial charge is 0.295 e. The van der Waals surface area contributed by atoms with Gasteiger partial charge in [0.05, 0.1) is 29.2 Å². The first-order valence-corrected chi connectivity index (χ1v) is 12.4. The van der Waals surface area contributed by atoms with E-state index >= 15 is 0 Å². The van der Waals surface area contributed by atoms with Gasteiger partial charge in [-0.2, -0.15) is 9.41 Å². The molecule has 0 unspecified atom stereocenters. The molecule has 1 heterocycles. The lowest BCUT2D eigenvalue weighted by atomic mass is 9.97. The Kier molecular flexibility index (Phi) is 6.16. The van der Waals surface area contributed by atoms with Gasteiger partial charge in [0, 0.05) is 24.7 Å². The highest BCUT2D eigenvalue weighted by Crippen LogP contribution is 2.30. The minimum absolute atomic E-state index is 0.0942. The van der Waals surface area contributed by atoms with E-state index in [1.807, 2.05) is 48.5 Å². The van der Waals surface area contributed by atoms with Crippen LogP contribution < -0.4 is 5.43 Å². The van der Waals surface area contributed by atoms with Crippen molar-refractivity contribution in [1.29, 1.82) is 0 Å². The van der Waals surface area contributed by atoms with Crippen molar-refractivity contribution in [3.63, 3.8) is 0 Å². The number of hydrazone groups is 1. The Bertz CT molecular complexity index is 1510. The molecular formula is C25H22N4O5S. The predicted octanol–water partition coefficient (Wildman–Crippen LogP) is 4.37. The number of ether oxygens (including phenoxy) is 1. The summed E-state index contributed by atoms with van der Waals surface area (Å²) in [5.41, 5.74) is 3.32. The van der Waals surface area contributed by atoms with E-state index in [0.717, 1.165) is 33.2 Å². The van der Waals surface area contributed by atoms with Crippen molar-refractivity contribution < 1.29 is 18.1 Å². The zero-order valence-electron chi connectivity index (χ0n) is 18.6. The van der Waals surface area contributed by atoms with Crippen molar-refractivity contribution >= 4 is 49.2 Å². The van der Waals surface area contributed by atoms with Crippen LogP contribution in [0.4, 0.5) is 11.4 Å². The summed E-state index contributed by atoms with van der Waals surface area (Å²) in [6.45, 7) is 0.996. The van der Waals surface area contributed by atoms with Crippen LogP contribution in [0.1, 0.15) is 5.56 Å². The zero-order chi connectivity index (χ0) is 24.4. The van der Waals surface area contributed by atoms with Crippen LogP contribution in [-0.4, -0.2) is 50.2 Å². The number of morpholine rings is 1. The SMILES string of the molecule is O=[N+]([O-])c1cc(S(=O)(=O)N2CCOCC2)ccc1N/N=C\c1c2ccccc2cc2ccccc12. The summed E-state index contributed by atoms with van der Waals surface area (Å²) in [7, 11) is -3.86. The zero-order valence-corrected chi connectivity index (χ0v) is 19.4. The van der Waals surface area contributed by atoms with E-state index in [1.165, 1.54) is 16.4 Å². The molecule has 0 saturated carbocycles. The van der Waals surface area contributed by atoms with Gasteiger partial charge in [-0.3, -0.25) is 15.5 Å². The van der Waals surface area contributed by atoms with Gasteiger partial charge in [-0.25, -0.2) is 8.42 Å². The summed E-state index contributed by atoms with van der Waals surface area (Å²) >= 11 is 0. The molecule has 1 N–H and O–H groups in total. The standard InChI is InChI=1S/C25H22N4O5S/c30-29(31)25-16-20(35(32,33)28-11-13-34-14-12-28)9-10-24(25)27-26-17-23-21-7-3-1-5-18(21)15-19-6-2-4-8-22(19)23/h1-10,15-17,27H,11-14H2/b26-17-. The highest BCUT2D eigenvalue weighted by atomic mass is 32.2. The fraction of sp³-hybridized carbons (Fsp3) is 0.160. The van der Waals surface area contributed by atoms with E-state index < -0.39 is 14.9 Å². The molecule has 0 radical (unpaired) electrons. The number of fused-ring (bicyclic) bond motifs is 2. The van der Waals surface area contributed by atoms with Gasteiger partial charge in [-0.1, -0.05) is 48.5 Å². The molecule has 4 aromatic carbocycles. The van der Waals surface area contributed by atoms with E-state index in [9.17, 15) is 18.5 Å². The van der Waals surface area contributed by atoms with Crippen LogP contribution in [0.15, 0.2) is 82.8 Å². The van der Waals surface area contributed by atoms with E-state index in [4.69, 9.17) is 4.74 Å². The van der Waals surface area contributed by atoms with Gasteiger partial charge in [-0.05, 0) is 39.7 Å². The minimum Gasteiger partial charge on any atom is -0.379 e. The highest BCUT2D eigenvalue weighted by molar-refractivity contribution is 7.89. The lowest BCUT2D eigenvalue weighted by Crippen LogP contribution is -2.40. The monoisotopic (exact) mass is 490 g/mol. The number of nitro groups is 1. The van der Waals surface area contributed by atoms with E-state index in [-0.39, 0.29) is 29.4 Å². The predicted molar refractivity (Wildman–Crippen MR) is 135 cm³/mol. The number of nitrogens with zero attached hydrogens (tertiary/aromatic N) is 3. The van der Waals surface area contributed by atoms with Crippen molar-refractivity contribution in [2.75, 3.05) is 31.7 Å². The van der Waals surface area contributed by atoms with E-state index in [1.54, 1.807) is 6.21 Å². The molecule has 1 aliphatic heterocycles. The lowest BCUT2D eigenvalue weighted by Gasteiger charge is -2.26. The van der Waals surface area contributed by atoms with Gasteiger partial charge < -0.3 is 4.74 Å². The molecule has 0 aromatic heterocycles. The first-order valence-electron chi connectivity index (χ1n) is 11.0. The van der Waals surface area contributed by atoms with Gasteiger partial charge in [0.25, 0.3) is 5.69 Å². The second-order valence-corrected chi connectivity index (χ2v) is 9.99. The number of nitrogens with one attached hydrogen (secondary N) is 1. The molecule has 9 nitrogen and oxygen atoms in total. The molecule has 0 aliphatic carbocycles. The molecule has 4 aromatic rings. The number of hydrogen-bond donors (Lipinski definition) is 1. The third-order valence-electron chi connectivity index (χ3n) is 5.97. The second kappa shape index (κ2) is 9.41. The average molecular weight is 491 g/mol. The molecule has 1 saturated heterocycles. The van der Waals surface area contributed by atoms with Crippen LogP contribution in [0.5, 0.6) is 0 Å². The molecule has 0 amide bonds. The molecule has 178 valence electrons. The van der Waals surface area contributed by atoms with Crippen molar-refractivity contribution in [2.24, 2.45) is 5.10 Å².